The summed E-state index contributed by atoms with van der Waals surface area (Å²) in [7, 11) is 4.79. The second kappa shape index (κ2) is 8.50. The van der Waals surface area contributed by atoms with Crippen LogP contribution in [0.1, 0.15) is 23.6 Å². The highest BCUT2D eigenvalue weighted by molar-refractivity contribution is 7.81. The Bertz CT molecular complexity index is 708. The van der Waals surface area contributed by atoms with Gasteiger partial charge < -0.3 is 14.2 Å². The normalized spacial score (nSPS) is 10.7. The predicted molar refractivity (Wildman–Crippen MR) is 103 cm³/mol. The van der Waals surface area contributed by atoms with Gasteiger partial charge in [-0.25, -0.2) is 0 Å². The molecule has 0 aromatic heterocycles. The van der Waals surface area contributed by atoms with Gasteiger partial charge in [-0.1, -0.05) is 49.5 Å². The van der Waals surface area contributed by atoms with Gasteiger partial charge in [0, 0.05) is 4.86 Å². The Morgan fingerprint density at radius 2 is 1.54 bits per heavy atom. The average Bonchev–Trinajstić information content (AvgIpc) is 2.65. The molecule has 0 N–H and O–H groups in total. The second-order valence-corrected chi connectivity index (χ2v) is 5.65. The van der Waals surface area contributed by atoms with Crippen molar-refractivity contribution in [1.82, 2.24) is 0 Å². The molecule has 0 bridgehead atoms. The maximum atomic E-state index is 5.50. The van der Waals surface area contributed by atoms with Crippen molar-refractivity contribution < 1.29 is 14.2 Å². The molecule has 0 aliphatic heterocycles. The monoisotopic (exact) mass is 342 g/mol. The van der Waals surface area contributed by atoms with Gasteiger partial charge in [-0.05, 0) is 41.3 Å². The fourth-order valence-corrected chi connectivity index (χ4v) is 2.57. The standard InChI is InChI=1S/C20H22O3S/c1-5-14-6-9-16(10-7-14)19(24)11-8-15-12-17(21-2)20(23-4)18(13-15)22-3/h6-13H,5H2,1-4H3. The molecule has 0 aliphatic rings. The van der Waals surface area contributed by atoms with E-state index in [1.165, 1.54) is 5.56 Å². The van der Waals surface area contributed by atoms with Crippen LogP contribution < -0.4 is 14.2 Å². The number of rotatable bonds is 7. The minimum absolute atomic E-state index is 0.579. The molecule has 126 valence electrons. The molecule has 0 spiro atoms. The van der Waals surface area contributed by atoms with E-state index in [9.17, 15) is 0 Å². The lowest BCUT2D eigenvalue weighted by atomic mass is 10.1. The largest absolute Gasteiger partial charge is 0.493 e. The molecule has 2 aromatic carbocycles. The maximum absolute atomic E-state index is 5.50. The molecule has 24 heavy (non-hydrogen) atoms. The lowest BCUT2D eigenvalue weighted by molar-refractivity contribution is 0.324. The molecule has 0 atom stereocenters. The van der Waals surface area contributed by atoms with Gasteiger partial charge in [0.25, 0.3) is 0 Å². The van der Waals surface area contributed by atoms with Crippen molar-refractivity contribution in [2.75, 3.05) is 21.3 Å². The molecule has 2 rings (SSSR count). The van der Waals surface area contributed by atoms with E-state index in [4.69, 9.17) is 26.4 Å². The number of ether oxygens (including phenoxy) is 3. The van der Waals surface area contributed by atoms with E-state index in [-0.39, 0.29) is 0 Å². The van der Waals surface area contributed by atoms with E-state index in [2.05, 4.69) is 31.2 Å². The highest BCUT2D eigenvalue weighted by atomic mass is 32.1. The van der Waals surface area contributed by atoms with Gasteiger partial charge in [0.15, 0.2) is 11.5 Å². The number of methoxy groups -OCH3 is 3. The minimum Gasteiger partial charge on any atom is -0.493 e. The Labute approximate surface area is 148 Å². The molecule has 3 nitrogen and oxygen atoms in total. The van der Waals surface area contributed by atoms with Gasteiger partial charge in [-0.3, -0.25) is 0 Å². The van der Waals surface area contributed by atoms with E-state index in [0.29, 0.717) is 17.2 Å². The quantitative estimate of drug-likeness (QED) is 0.414. The first-order chi connectivity index (χ1) is 11.6. The van der Waals surface area contributed by atoms with E-state index < -0.39 is 0 Å². The summed E-state index contributed by atoms with van der Waals surface area (Å²) in [5.74, 6) is 1.82. The highest BCUT2D eigenvalue weighted by Gasteiger charge is 2.12. The van der Waals surface area contributed by atoms with Crippen LogP contribution in [0.15, 0.2) is 42.5 Å². The van der Waals surface area contributed by atoms with Crippen LogP contribution in [-0.2, 0) is 6.42 Å². The molecule has 0 amide bonds. The number of benzene rings is 2. The first-order valence-electron chi connectivity index (χ1n) is 7.74. The van der Waals surface area contributed by atoms with Gasteiger partial charge in [0.05, 0.1) is 21.3 Å². The molecule has 2 aromatic rings. The maximum Gasteiger partial charge on any atom is 0.203 e. The number of aryl methyl sites for hydroxylation is 1. The number of hydrogen-bond donors (Lipinski definition) is 0. The fraction of sp³-hybridized carbons (Fsp3) is 0.250. The van der Waals surface area contributed by atoms with Gasteiger partial charge in [0.1, 0.15) is 0 Å². The number of allylic oxidation sites excluding steroid dienone is 1. The van der Waals surface area contributed by atoms with Crippen molar-refractivity contribution in [3.63, 3.8) is 0 Å². The topological polar surface area (TPSA) is 27.7 Å². The summed E-state index contributed by atoms with van der Waals surface area (Å²) >= 11 is 5.50. The van der Waals surface area contributed by atoms with Crippen LogP contribution in [0.3, 0.4) is 0 Å². The predicted octanol–water partition coefficient (Wildman–Crippen LogP) is 4.71. The lowest BCUT2D eigenvalue weighted by Gasteiger charge is -2.12. The van der Waals surface area contributed by atoms with Crippen LogP contribution in [-0.4, -0.2) is 26.2 Å². The first-order valence-corrected chi connectivity index (χ1v) is 8.15. The third-order valence-corrected chi connectivity index (χ3v) is 4.13. The van der Waals surface area contributed by atoms with Crippen LogP contribution >= 0.6 is 12.2 Å². The van der Waals surface area contributed by atoms with Crippen LogP contribution in [0.5, 0.6) is 17.2 Å². The Morgan fingerprint density at radius 1 is 0.958 bits per heavy atom. The Hall–Kier alpha value is -2.33. The van der Waals surface area contributed by atoms with E-state index in [1.807, 2.05) is 24.3 Å². The van der Waals surface area contributed by atoms with Crippen molar-refractivity contribution >= 4 is 23.2 Å². The Balaban J connectivity index is 2.25. The molecular formula is C20H22O3S. The van der Waals surface area contributed by atoms with Crippen LogP contribution in [0.2, 0.25) is 0 Å². The van der Waals surface area contributed by atoms with E-state index in [0.717, 1.165) is 22.4 Å². The van der Waals surface area contributed by atoms with Gasteiger partial charge in [-0.2, -0.15) is 0 Å². The van der Waals surface area contributed by atoms with Crippen molar-refractivity contribution in [1.29, 1.82) is 0 Å². The average molecular weight is 342 g/mol. The molecule has 0 unspecified atom stereocenters. The summed E-state index contributed by atoms with van der Waals surface area (Å²) in [5.41, 5.74) is 3.26. The van der Waals surface area contributed by atoms with Crippen LogP contribution in [0.4, 0.5) is 0 Å². The van der Waals surface area contributed by atoms with E-state index in [1.54, 1.807) is 21.3 Å². The first kappa shape index (κ1) is 18.0. The van der Waals surface area contributed by atoms with Crippen molar-refractivity contribution in [3.05, 3.63) is 59.2 Å². The highest BCUT2D eigenvalue weighted by Crippen LogP contribution is 2.38. The van der Waals surface area contributed by atoms with Gasteiger partial charge in [0.2, 0.25) is 5.75 Å². The summed E-state index contributed by atoms with van der Waals surface area (Å²) in [4.78, 5) is 0.784. The lowest BCUT2D eigenvalue weighted by Crippen LogP contribution is -1.96. The van der Waals surface area contributed by atoms with Gasteiger partial charge in [-0.15, -0.1) is 0 Å². The molecule has 0 heterocycles. The molecule has 0 aliphatic carbocycles. The zero-order chi connectivity index (χ0) is 17.5. The van der Waals surface area contributed by atoms with Gasteiger partial charge >= 0.3 is 0 Å². The zero-order valence-corrected chi connectivity index (χ0v) is 15.3. The molecule has 0 fully saturated rings. The molecule has 4 heteroatoms. The minimum atomic E-state index is 0.579. The number of hydrogen-bond acceptors (Lipinski definition) is 4. The van der Waals surface area contributed by atoms with Crippen molar-refractivity contribution in [3.8, 4) is 17.2 Å². The van der Waals surface area contributed by atoms with E-state index >= 15 is 0 Å². The summed E-state index contributed by atoms with van der Waals surface area (Å²) in [6, 6.07) is 12.1. The fourth-order valence-electron chi connectivity index (χ4n) is 2.37. The van der Waals surface area contributed by atoms with Crippen molar-refractivity contribution in [2.24, 2.45) is 0 Å². The summed E-state index contributed by atoms with van der Waals surface area (Å²) in [5, 5.41) is 0. The van der Waals surface area contributed by atoms with Crippen LogP contribution in [0.25, 0.3) is 6.08 Å². The third-order valence-electron chi connectivity index (χ3n) is 3.76. The molecule has 0 radical (unpaired) electrons. The SMILES string of the molecule is CCc1ccc(C(=S)C=Cc2cc(OC)c(OC)c(OC)c2)cc1. The molecule has 0 saturated carbocycles. The zero-order valence-electron chi connectivity index (χ0n) is 14.5. The third kappa shape index (κ3) is 4.15. The summed E-state index contributed by atoms with van der Waals surface area (Å²) in [6.07, 6.45) is 4.88. The smallest absolute Gasteiger partial charge is 0.203 e. The molecular weight excluding hydrogens is 320 g/mol. The summed E-state index contributed by atoms with van der Waals surface area (Å²) < 4.78 is 16.1. The van der Waals surface area contributed by atoms with Crippen molar-refractivity contribution in [2.45, 2.75) is 13.3 Å². The Morgan fingerprint density at radius 3 is 2.00 bits per heavy atom. The Kier molecular flexibility index (Phi) is 6.38. The second-order valence-electron chi connectivity index (χ2n) is 5.21. The number of thiocarbonyl (C=S) groups is 1. The molecule has 0 saturated heterocycles. The van der Waals surface area contributed by atoms with Crippen LogP contribution in [0, 0.1) is 0 Å². The summed E-state index contributed by atoms with van der Waals surface area (Å²) in [6.45, 7) is 2.14.